The molecule has 7 heteroatoms. The minimum atomic E-state index is -1.27. The quantitative estimate of drug-likeness (QED) is 0.765. The maximum Gasteiger partial charge on any atom is 0.339 e. The summed E-state index contributed by atoms with van der Waals surface area (Å²) in [7, 11) is 0. The number of esters is 1. The van der Waals surface area contributed by atoms with Crippen LogP contribution in [0.15, 0.2) is 48.5 Å². The molecule has 0 aromatic heterocycles. The van der Waals surface area contributed by atoms with Crippen molar-refractivity contribution in [3.05, 3.63) is 71.0 Å². The number of hydrogen-bond donors (Lipinski definition) is 1. The molecule has 2 aromatic rings. The Hall–Kier alpha value is -2.77. The fraction of sp³-hybridized carbons (Fsp3) is 0.391. The monoisotopic (exact) mass is 412 g/mol. The van der Waals surface area contributed by atoms with E-state index in [1.165, 1.54) is 12.1 Å². The molecule has 30 heavy (non-hydrogen) atoms. The van der Waals surface area contributed by atoms with Gasteiger partial charge in [-0.15, -0.1) is 0 Å². The number of hydrogen-bond acceptors (Lipinski definition) is 5. The second kappa shape index (κ2) is 8.53. The van der Waals surface area contributed by atoms with Gasteiger partial charge in [-0.25, -0.2) is 9.18 Å². The third-order valence-corrected chi connectivity index (χ3v) is 5.76. The van der Waals surface area contributed by atoms with Crippen LogP contribution in [0, 0.1) is 5.82 Å². The van der Waals surface area contributed by atoms with Crippen LogP contribution in [0.25, 0.3) is 0 Å². The Bertz CT molecular complexity index is 927. The molecular weight excluding hydrogens is 387 g/mol. The van der Waals surface area contributed by atoms with Crippen LogP contribution in [-0.2, 0) is 20.7 Å². The molecule has 1 saturated heterocycles. The van der Waals surface area contributed by atoms with E-state index >= 15 is 0 Å². The van der Waals surface area contributed by atoms with Crippen molar-refractivity contribution >= 4 is 11.9 Å². The first-order chi connectivity index (χ1) is 14.5. The summed E-state index contributed by atoms with van der Waals surface area (Å²) in [6.07, 6.45) is 0.319. The van der Waals surface area contributed by atoms with Gasteiger partial charge in [-0.2, -0.15) is 0 Å². The lowest BCUT2D eigenvalue weighted by Gasteiger charge is -2.37. The molecule has 6 nitrogen and oxygen atoms in total. The Morgan fingerprint density at radius 2 is 1.87 bits per heavy atom. The summed E-state index contributed by atoms with van der Waals surface area (Å²) in [5.74, 6) is -1.13. The number of fused-ring (bicyclic) bond motifs is 1. The molecule has 4 rings (SSSR count). The lowest BCUT2D eigenvalue weighted by Crippen LogP contribution is -2.53. The molecule has 2 atom stereocenters. The highest BCUT2D eigenvalue weighted by atomic mass is 19.1. The van der Waals surface area contributed by atoms with Crippen LogP contribution in [0.1, 0.15) is 34.5 Å². The van der Waals surface area contributed by atoms with Crippen molar-refractivity contribution in [3.63, 3.8) is 0 Å². The Morgan fingerprint density at radius 3 is 2.60 bits per heavy atom. The minimum absolute atomic E-state index is 0.131. The van der Waals surface area contributed by atoms with E-state index in [0.29, 0.717) is 31.7 Å². The van der Waals surface area contributed by atoms with Crippen LogP contribution >= 0.6 is 0 Å². The highest BCUT2D eigenvalue weighted by Crippen LogP contribution is 2.29. The van der Waals surface area contributed by atoms with E-state index in [-0.39, 0.29) is 17.8 Å². The second-order valence-corrected chi connectivity index (χ2v) is 7.88. The predicted octanol–water partition coefficient (Wildman–Crippen LogP) is 2.49. The third kappa shape index (κ3) is 4.22. The second-order valence-electron chi connectivity index (χ2n) is 7.88. The van der Waals surface area contributed by atoms with Crippen molar-refractivity contribution in [2.75, 3.05) is 32.8 Å². The van der Waals surface area contributed by atoms with Crippen LogP contribution < -0.4 is 5.32 Å². The van der Waals surface area contributed by atoms with Crippen molar-refractivity contribution in [2.24, 2.45) is 0 Å². The zero-order valence-electron chi connectivity index (χ0n) is 16.9. The predicted molar refractivity (Wildman–Crippen MR) is 109 cm³/mol. The smallest absolute Gasteiger partial charge is 0.339 e. The molecule has 2 aromatic carbocycles. The molecule has 158 valence electrons. The zero-order valence-corrected chi connectivity index (χ0v) is 16.9. The van der Waals surface area contributed by atoms with Crippen molar-refractivity contribution in [3.8, 4) is 0 Å². The Morgan fingerprint density at radius 1 is 1.17 bits per heavy atom. The van der Waals surface area contributed by atoms with Gasteiger partial charge in [0.25, 0.3) is 5.91 Å². The largest absolute Gasteiger partial charge is 0.445 e. The molecule has 2 aliphatic heterocycles. The van der Waals surface area contributed by atoms with Gasteiger partial charge in [-0.3, -0.25) is 9.69 Å². The molecule has 2 heterocycles. The summed E-state index contributed by atoms with van der Waals surface area (Å²) in [4.78, 5) is 27.7. The van der Waals surface area contributed by atoms with E-state index in [9.17, 15) is 14.0 Å². The molecule has 1 N–H and O–H groups in total. The van der Waals surface area contributed by atoms with Crippen LogP contribution in [0.2, 0.25) is 0 Å². The first kappa shape index (κ1) is 20.5. The summed E-state index contributed by atoms with van der Waals surface area (Å²) in [6, 6.07) is 13.4. The number of carbonyl (C=O) groups excluding carboxylic acids is 2. The van der Waals surface area contributed by atoms with Gasteiger partial charge in [0.05, 0.1) is 24.8 Å². The van der Waals surface area contributed by atoms with Gasteiger partial charge in [0.1, 0.15) is 5.82 Å². The summed E-state index contributed by atoms with van der Waals surface area (Å²) in [6.45, 7) is 4.61. The molecule has 0 spiro atoms. The van der Waals surface area contributed by atoms with E-state index in [1.807, 2.05) is 12.1 Å². The summed E-state index contributed by atoms with van der Waals surface area (Å²) in [5, 5.41) is 2.96. The minimum Gasteiger partial charge on any atom is -0.445 e. The SMILES string of the molecule is CC1(C(=O)NCC(c2ccc(F)cc2)N2CCOCC2)Cc2ccccc2C(=O)O1. The normalized spacial score (nSPS) is 22.7. The lowest BCUT2D eigenvalue weighted by molar-refractivity contribution is -0.140. The van der Waals surface area contributed by atoms with E-state index in [2.05, 4.69) is 10.2 Å². The Labute approximate surface area is 175 Å². The summed E-state index contributed by atoms with van der Waals surface area (Å²) >= 11 is 0. The number of rotatable bonds is 5. The number of nitrogens with one attached hydrogen (secondary N) is 1. The molecule has 1 fully saturated rings. The van der Waals surface area contributed by atoms with Crippen molar-refractivity contribution in [2.45, 2.75) is 25.0 Å². The molecule has 0 radical (unpaired) electrons. The van der Waals surface area contributed by atoms with E-state index < -0.39 is 11.6 Å². The van der Waals surface area contributed by atoms with Crippen LogP contribution in [0.3, 0.4) is 0 Å². The number of benzene rings is 2. The van der Waals surface area contributed by atoms with E-state index in [1.54, 1.807) is 31.2 Å². The highest BCUT2D eigenvalue weighted by Gasteiger charge is 2.42. The topological polar surface area (TPSA) is 67.9 Å². The number of cyclic esters (lactones) is 1. The number of amides is 1. The van der Waals surface area contributed by atoms with Crippen molar-refractivity contribution in [1.29, 1.82) is 0 Å². The van der Waals surface area contributed by atoms with Gasteiger partial charge in [-0.1, -0.05) is 30.3 Å². The first-order valence-corrected chi connectivity index (χ1v) is 10.1. The summed E-state index contributed by atoms with van der Waals surface area (Å²) < 4.78 is 24.4. The van der Waals surface area contributed by atoms with Crippen molar-refractivity contribution < 1.29 is 23.5 Å². The average molecular weight is 412 g/mol. The molecular formula is C23H25FN2O4. The van der Waals surface area contributed by atoms with E-state index in [4.69, 9.17) is 9.47 Å². The molecule has 2 unspecified atom stereocenters. The fourth-order valence-corrected chi connectivity index (χ4v) is 4.07. The van der Waals surface area contributed by atoms with Crippen LogP contribution in [0.4, 0.5) is 4.39 Å². The molecule has 1 amide bonds. The van der Waals surface area contributed by atoms with Crippen LogP contribution in [-0.4, -0.2) is 55.2 Å². The van der Waals surface area contributed by atoms with Gasteiger partial charge in [0.15, 0.2) is 5.60 Å². The van der Waals surface area contributed by atoms with Gasteiger partial charge in [0, 0.05) is 26.1 Å². The molecule has 0 aliphatic carbocycles. The van der Waals surface area contributed by atoms with E-state index in [0.717, 1.165) is 24.2 Å². The molecule has 0 bridgehead atoms. The standard InChI is InChI=1S/C23H25FN2O4/c1-23(14-17-4-2-3-5-19(17)21(27)30-23)22(28)25-15-20(26-10-12-29-13-11-26)16-6-8-18(24)9-7-16/h2-9,20H,10-15H2,1H3,(H,25,28). The van der Waals surface area contributed by atoms with Gasteiger partial charge in [0.2, 0.25) is 0 Å². The van der Waals surface area contributed by atoms with Gasteiger partial charge >= 0.3 is 5.97 Å². The van der Waals surface area contributed by atoms with Gasteiger partial charge < -0.3 is 14.8 Å². The average Bonchev–Trinajstić information content (AvgIpc) is 2.75. The number of carbonyl (C=O) groups is 2. The highest BCUT2D eigenvalue weighted by molar-refractivity contribution is 5.97. The number of nitrogens with zero attached hydrogens (tertiary/aromatic N) is 1. The summed E-state index contributed by atoms with van der Waals surface area (Å²) in [5.41, 5.74) is 0.939. The first-order valence-electron chi connectivity index (χ1n) is 10.1. The van der Waals surface area contributed by atoms with Gasteiger partial charge in [-0.05, 0) is 36.2 Å². The molecule has 2 aliphatic rings. The Balaban J connectivity index is 1.49. The maximum atomic E-state index is 13.4. The maximum absolute atomic E-state index is 13.4. The fourth-order valence-electron chi connectivity index (χ4n) is 4.07. The number of halogens is 1. The van der Waals surface area contributed by atoms with Crippen LogP contribution in [0.5, 0.6) is 0 Å². The van der Waals surface area contributed by atoms with Crippen molar-refractivity contribution in [1.82, 2.24) is 10.2 Å². The molecule has 0 saturated carbocycles. The lowest BCUT2D eigenvalue weighted by atomic mass is 9.89. The number of ether oxygens (including phenoxy) is 2. The zero-order chi connectivity index (χ0) is 21.1. The number of morpholine rings is 1. The Kier molecular flexibility index (Phi) is 5.83. The third-order valence-electron chi connectivity index (χ3n) is 5.76.